The van der Waals surface area contributed by atoms with Crippen LogP contribution in [0.1, 0.15) is 42.6 Å². The van der Waals surface area contributed by atoms with Gasteiger partial charge in [-0.25, -0.2) is 5.43 Å². The number of nitrogens with two attached hydrogens (primary N) is 1. The van der Waals surface area contributed by atoms with Gasteiger partial charge in [0.15, 0.2) is 5.75 Å². The van der Waals surface area contributed by atoms with Crippen molar-refractivity contribution in [3.05, 3.63) is 22.5 Å². The van der Waals surface area contributed by atoms with Gasteiger partial charge in [-0.3, -0.25) is 10.5 Å². The first-order chi connectivity index (χ1) is 9.76. The van der Waals surface area contributed by atoms with E-state index in [1.54, 1.807) is 13.3 Å². The van der Waals surface area contributed by atoms with E-state index in [9.17, 15) is 0 Å². The van der Waals surface area contributed by atoms with Crippen LogP contribution in [-0.2, 0) is 13.0 Å². The Kier molecular flexibility index (Phi) is 5.05. The lowest BCUT2D eigenvalue weighted by molar-refractivity contribution is 0.399. The summed E-state index contributed by atoms with van der Waals surface area (Å²) in [6, 6.07) is -0.214. The molecule has 0 saturated heterocycles. The molecule has 0 saturated carbocycles. The minimum atomic E-state index is -0.214. The summed E-state index contributed by atoms with van der Waals surface area (Å²) in [6.07, 6.45) is 3.60. The lowest BCUT2D eigenvalue weighted by Gasteiger charge is -2.17. The van der Waals surface area contributed by atoms with Gasteiger partial charge >= 0.3 is 0 Å². The molecular formula is C12H20N6OS. The first-order valence-electron chi connectivity index (χ1n) is 6.63. The molecule has 1 unspecified atom stereocenters. The number of aromatic nitrogens is 4. The van der Waals surface area contributed by atoms with Crippen LogP contribution in [0.4, 0.5) is 0 Å². The molecule has 3 N–H and O–H groups in total. The number of nitrogens with zero attached hydrogens (tertiary/aromatic N) is 4. The first-order valence-corrected chi connectivity index (χ1v) is 7.41. The van der Waals surface area contributed by atoms with Crippen molar-refractivity contribution in [1.29, 1.82) is 0 Å². The molecule has 0 fully saturated rings. The van der Waals surface area contributed by atoms with Crippen molar-refractivity contribution in [2.24, 2.45) is 5.84 Å². The van der Waals surface area contributed by atoms with E-state index in [-0.39, 0.29) is 6.04 Å². The van der Waals surface area contributed by atoms with Crippen molar-refractivity contribution >= 4 is 11.5 Å². The molecule has 0 spiro atoms. The van der Waals surface area contributed by atoms with E-state index in [1.807, 2.05) is 11.6 Å². The van der Waals surface area contributed by atoms with Crippen molar-refractivity contribution in [2.75, 3.05) is 7.11 Å². The molecule has 8 heteroatoms. The quantitative estimate of drug-likeness (QED) is 0.590. The van der Waals surface area contributed by atoms with E-state index in [1.165, 1.54) is 11.5 Å². The molecule has 0 aliphatic carbocycles. The van der Waals surface area contributed by atoms with Gasteiger partial charge in [0.1, 0.15) is 11.7 Å². The standard InChI is InChI=1S/C12H20N6OS/c1-4-6-8-12(20-17-16-8)10(15-13)11-9(19-3)7-14-18(11)5-2/h7,10,15H,4-6,13H2,1-3H3. The zero-order valence-electron chi connectivity index (χ0n) is 12.0. The third kappa shape index (κ3) is 2.67. The Labute approximate surface area is 122 Å². The molecule has 1 atom stereocenters. The predicted molar refractivity (Wildman–Crippen MR) is 77.5 cm³/mol. The van der Waals surface area contributed by atoms with Crippen LogP contribution in [0.5, 0.6) is 5.75 Å². The smallest absolute Gasteiger partial charge is 0.162 e. The number of hydrogen-bond donors (Lipinski definition) is 2. The number of hydrazine groups is 1. The van der Waals surface area contributed by atoms with Crippen LogP contribution in [0, 0.1) is 0 Å². The molecule has 0 radical (unpaired) electrons. The summed E-state index contributed by atoms with van der Waals surface area (Å²) in [6.45, 7) is 4.89. The van der Waals surface area contributed by atoms with Crippen molar-refractivity contribution in [1.82, 2.24) is 24.8 Å². The average Bonchev–Trinajstić information content (AvgIpc) is 3.08. The summed E-state index contributed by atoms with van der Waals surface area (Å²) in [7, 11) is 1.63. The molecule has 0 aromatic carbocycles. The Morgan fingerprint density at radius 3 is 2.90 bits per heavy atom. The van der Waals surface area contributed by atoms with E-state index < -0.39 is 0 Å². The summed E-state index contributed by atoms with van der Waals surface area (Å²) < 4.78 is 11.3. The average molecular weight is 296 g/mol. The van der Waals surface area contributed by atoms with Gasteiger partial charge in [-0.1, -0.05) is 17.8 Å². The number of hydrogen-bond acceptors (Lipinski definition) is 7. The Hall–Kier alpha value is -1.51. The highest BCUT2D eigenvalue weighted by Gasteiger charge is 2.26. The molecular weight excluding hydrogens is 276 g/mol. The van der Waals surface area contributed by atoms with Gasteiger partial charge in [-0.15, -0.1) is 5.10 Å². The Morgan fingerprint density at radius 1 is 1.50 bits per heavy atom. The fourth-order valence-electron chi connectivity index (χ4n) is 2.20. The zero-order valence-corrected chi connectivity index (χ0v) is 12.8. The van der Waals surface area contributed by atoms with Gasteiger partial charge < -0.3 is 4.74 Å². The summed E-state index contributed by atoms with van der Waals surface area (Å²) in [5.74, 6) is 6.49. The van der Waals surface area contributed by atoms with Gasteiger partial charge in [0, 0.05) is 6.54 Å². The van der Waals surface area contributed by atoms with Gasteiger partial charge in [-0.05, 0) is 24.9 Å². The van der Waals surface area contributed by atoms with E-state index in [2.05, 4.69) is 27.0 Å². The molecule has 0 bridgehead atoms. The molecule has 110 valence electrons. The number of rotatable bonds is 7. The second-order valence-corrected chi connectivity index (χ2v) is 5.13. The van der Waals surface area contributed by atoms with Crippen LogP contribution in [0.15, 0.2) is 6.20 Å². The molecule has 2 aromatic heterocycles. The minimum absolute atomic E-state index is 0.214. The summed E-state index contributed by atoms with van der Waals surface area (Å²) >= 11 is 1.36. The maximum atomic E-state index is 5.77. The molecule has 2 rings (SSSR count). The van der Waals surface area contributed by atoms with E-state index in [4.69, 9.17) is 10.6 Å². The van der Waals surface area contributed by atoms with Crippen molar-refractivity contribution in [3.63, 3.8) is 0 Å². The molecule has 2 aromatic rings. The van der Waals surface area contributed by atoms with Crippen LogP contribution in [0.2, 0.25) is 0 Å². The number of ether oxygens (including phenoxy) is 1. The van der Waals surface area contributed by atoms with Gasteiger partial charge in [-0.2, -0.15) is 5.10 Å². The fourth-order valence-corrected chi connectivity index (χ4v) is 2.96. The van der Waals surface area contributed by atoms with Crippen LogP contribution in [0.25, 0.3) is 0 Å². The van der Waals surface area contributed by atoms with E-state index >= 15 is 0 Å². The number of aryl methyl sites for hydroxylation is 2. The molecule has 7 nitrogen and oxygen atoms in total. The number of nitrogens with one attached hydrogen (secondary N) is 1. The summed E-state index contributed by atoms with van der Waals surface area (Å²) in [5.41, 5.74) is 4.73. The highest BCUT2D eigenvalue weighted by atomic mass is 32.1. The van der Waals surface area contributed by atoms with E-state index in [0.717, 1.165) is 35.7 Å². The van der Waals surface area contributed by atoms with Crippen molar-refractivity contribution < 1.29 is 4.74 Å². The normalized spacial score (nSPS) is 12.6. The third-order valence-corrected chi connectivity index (χ3v) is 3.97. The van der Waals surface area contributed by atoms with Gasteiger partial charge in [0.2, 0.25) is 0 Å². The van der Waals surface area contributed by atoms with Crippen LogP contribution in [-0.4, -0.2) is 26.5 Å². The Balaban J connectivity index is 2.46. The molecule has 0 aliphatic heterocycles. The molecule has 2 heterocycles. The second-order valence-electron chi connectivity index (χ2n) is 4.35. The molecule has 0 aliphatic rings. The van der Waals surface area contributed by atoms with Crippen molar-refractivity contribution in [3.8, 4) is 5.75 Å². The first kappa shape index (κ1) is 14.9. The maximum Gasteiger partial charge on any atom is 0.162 e. The lowest BCUT2D eigenvalue weighted by Crippen LogP contribution is -2.31. The topological polar surface area (TPSA) is 90.9 Å². The van der Waals surface area contributed by atoms with Crippen LogP contribution >= 0.6 is 11.5 Å². The maximum absolute atomic E-state index is 5.77. The molecule has 0 amide bonds. The Bertz CT molecular complexity index is 530. The second kappa shape index (κ2) is 6.78. The zero-order chi connectivity index (χ0) is 14.5. The largest absolute Gasteiger partial charge is 0.493 e. The van der Waals surface area contributed by atoms with E-state index in [0.29, 0.717) is 5.75 Å². The summed E-state index contributed by atoms with van der Waals surface area (Å²) in [4.78, 5) is 1.02. The SMILES string of the molecule is CCCc1nnsc1C(NN)c1c(OC)cnn1CC. The fraction of sp³-hybridized carbons (Fsp3) is 0.583. The van der Waals surface area contributed by atoms with Gasteiger partial charge in [0.05, 0.1) is 23.9 Å². The van der Waals surface area contributed by atoms with Gasteiger partial charge in [0.25, 0.3) is 0 Å². The third-order valence-electron chi connectivity index (χ3n) is 3.14. The van der Waals surface area contributed by atoms with Crippen LogP contribution in [0.3, 0.4) is 0 Å². The minimum Gasteiger partial charge on any atom is -0.493 e. The monoisotopic (exact) mass is 296 g/mol. The highest BCUT2D eigenvalue weighted by molar-refractivity contribution is 7.05. The number of methoxy groups -OCH3 is 1. The Morgan fingerprint density at radius 2 is 2.30 bits per heavy atom. The van der Waals surface area contributed by atoms with Crippen LogP contribution < -0.4 is 16.0 Å². The van der Waals surface area contributed by atoms with Crippen molar-refractivity contribution in [2.45, 2.75) is 39.3 Å². The highest BCUT2D eigenvalue weighted by Crippen LogP contribution is 2.32. The predicted octanol–water partition coefficient (Wildman–Crippen LogP) is 1.27. The molecule has 20 heavy (non-hydrogen) atoms. The lowest BCUT2D eigenvalue weighted by atomic mass is 10.1. The summed E-state index contributed by atoms with van der Waals surface area (Å²) in [5, 5.41) is 8.52.